The van der Waals surface area contributed by atoms with E-state index in [9.17, 15) is 9.59 Å². The Labute approximate surface area is 316 Å². The van der Waals surface area contributed by atoms with Gasteiger partial charge in [0.05, 0.1) is 19.8 Å². The average Bonchev–Trinajstić information content (AvgIpc) is 3.11. The van der Waals surface area contributed by atoms with E-state index in [1.165, 1.54) is 89.9 Å². The third-order valence-corrected chi connectivity index (χ3v) is 9.14. The fourth-order valence-corrected chi connectivity index (χ4v) is 5.89. The molecule has 0 aliphatic rings. The highest BCUT2D eigenvalue weighted by Crippen LogP contribution is 2.16. The third kappa shape index (κ3) is 36.6. The van der Waals surface area contributed by atoms with Crippen LogP contribution in [0.1, 0.15) is 188 Å². The van der Waals surface area contributed by atoms with Gasteiger partial charge in [0.15, 0.2) is 0 Å². The number of hydrogen-bond acceptors (Lipinski definition) is 7. The highest BCUT2D eigenvalue weighted by atomic mass is 16.7. The first-order chi connectivity index (χ1) is 24.9. The molecule has 0 aromatic carbocycles. The second-order valence-corrected chi connectivity index (χ2v) is 14.6. The number of ether oxygens (including phenoxy) is 4. The zero-order chi connectivity index (χ0) is 37.5. The topological polar surface area (TPSA) is 74.3 Å². The van der Waals surface area contributed by atoms with Gasteiger partial charge >= 0.3 is 5.97 Å². The van der Waals surface area contributed by atoms with Gasteiger partial charge in [-0.25, -0.2) is 0 Å². The highest BCUT2D eigenvalue weighted by molar-refractivity contribution is 5.83. The summed E-state index contributed by atoms with van der Waals surface area (Å²) in [5.41, 5.74) is 0. The van der Waals surface area contributed by atoms with Crippen LogP contribution in [0, 0.1) is 0 Å². The summed E-state index contributed by atoms with van der Waals surface area (Å²) >= 11 is 0. The first-order valence-corrected chi connectivity index (χ1v) is 21.4. The molecule has 0 spiro atoms. The summed E-state index contributed by atoms with van der Waals surface area (Å²) in [6.45, 7) is 8.88. The van der Waals surface area contributed by atoms with Crippen molar-refractivity contribution in [3.63, 3.8) is 0 Å². The van der Waals surface area contributed by atoms with Crippen LogP contribution in [0.3, 0.4) is 0 Å². The van der Waals surface area contributed by atoms with Crippen molar-refractivity contribution in [2.24, 2.45) is 0 Å². The van der Waals surface area contributed by atoms with Gasteiger partial charge in [-0.05, 0) is 84.8 Å². The largest absolute Gasteiger partial charge is 0.462 e. The molecule has 7 heteroatoms. The molecule has 1 unspecified atom stereocenters. The van der Waals surface area contributed by atoms with Crippen LogP contribution < -0.4 is 0 Å². The average molecular weight is 722 g/mol. The fraction of sp³-hybridized carbons (Fsp3) is 0.864. The van der Waals surface area contributed by atoms with Crippen molar-refractivity contribution in [3.8, 4) is 0 Å². The van der Waals surface area contributed by atoms with Crippen molar-refractivity contribution < 1.29 is 28.5 Å². The summed E-state index contributed by atoms with van der Waals surface area (Å²) in [5.74, 6) is -0.308. The minimum atomic E-state index is -0.869. The summed E-state index contributed by atoms with van der Waals surface area (Å²) in [6, 6.07) is 0. The number of allylic oxidation sites excluding steroid dienone is 4. The number of unbranched alkanes of at least 4 members (excludes halogenated alkanes) is 17. The van der Waals surface area contributed by atoms with E-state index < -0.39 is 6.29 Å². The molecule has 0 aromatic heterocycles. The van der Waals surface area contributed by atoms with Gasteiger partial charge in [0, 0.05) is 12.8 Å². The van der Waals surface area contributed by atoms with E-state index in [0.29, 0.717) is 32.7 Å². The van der Waals surface area contributed by atoms with Crippen molar-refractivity contribution in [3.05, 3.63) is 24.3 Å². The molecule has 300 valence electrons. The van der Waals surface area contributed by atoms with Crippen LogP contribution in [0.2, 0.25) is 0 Å². The molecule has 0 rings (SSSR count). The molecule has 0 amide bonds. The van der Waals surface area contributed by atoms with Crippen molar-refractivity contribution >= 4 is 11.8 Å². The van der Waals surface area contributed by atoms with Gasteiger partial charge in [-0.2, -0.15) is 0 Å². The monoisotopic (exact) mass is 722 g/mol. The lowest BCUT2D eigenvalue weighted by molar-refractivity contribution is -0.175. The van der Waals surface area contributed by atoms with Crippen LogP contribution in [0.4, 0.5) is 0 Å². The van der Waals surface area contributed by atoms with Crippen LogP contribution >= 0.6 is 0 Å². The van der Waals surface area contributed by atoms with E-state index in [2.05, 4.69) is 50.0 Å². The molecule has 0 heterocycles. The number of rotatable bonds is 40. The summed E-state index contributed by atoms with van der Waals surface area (Å²) < 4.78 is 23.6. The Hall–Kier alpha value is -1.54. The number of carbonyl (C=O) groups excluding carboxylic acids is 2. The minimum absolute atomic E-state index is 0.0508. The number of carbonyl (C=O) groups is 2. The number of nitrogens with zero attached hydrogens (tertiary/aromatic N) is 1. The van der Waals surface area contributed by atoms with Gasteiger partial charge in [-0.3, -0.25) is 9.59 Å². The lowest BCUT2D eigenvalue weighted by Gasteiger charge is -2.20. The molecule has 0 saturated heterocycles. The first-order valence-electron chi connectivity index (χ1n) is 21.4. The molecule has 0 saturated carbocycles. The van der Waals surface area contributed by atoms with E-state index in [0.717, 1.165) is 70.8 Å². The maximum atomic E-state index is 13.0. The van der Waals surface area contributed by atoms with Gasteiger partial charge in [0.2, 0.25) is 12.1 Å². The van der Waals surface area contributed by atoms with Crippen LogP contribution in [0.15, 0.2) is 24.3 Å². The standard InChI is InChI=1S/C44H83NO6/c1-6-9-12-15-16-17-18-19-20-21-22-23-24-25-26-29-33-41(51-43(47)34-32-36-45(4)5)35-39-48-40-42(46)44(49-37-30-27-13-10-7-2)50-38-31-28-14-11-8-3/h16-17,19-20,41,44H,6-15,18,21-40H2,1-5H3/b17-16-,20-19-. The SMILES string of the molecule is CCCCC/C=C\C/C=C\CCCCCCCCC(CCOCC(=O)C(OCCCCCCC)OCCCCCCC)OC(=O)CCCN(C)C. The van der Waals surface area contributed by atoms with Crippen LogP contribution in [0.5, 0.6) is 0 Å². The normalized spacial score (nSPS) is 12.6. The summed E-state index contributed by atoms with van der Waals surface area (Å²) in [4.78, 5) is 27.7. The fourth-order valence-electron chi connectivity index (χ4n) is 5.89. The van der Waals surface area contributed by atoms with Crippen molar-refractivity contribution in [1.29, 1.82) is 0 Å². The van der Waals surface area contributed by atoms with E-state index in [1.54, 1.807) is 0 Å². The zero-order valence-corrected chi connectivity index (χ0v) is 34.3. The van der Waals surface area contributed by atoms with Gasteiger partial charge in [0.25, 0.3) is 0 Å². The molecular weight excluding hydrogens is 638 g/mol. The van der Waals surface area contributed by atoms with Gasteiger partial charge < -0.3 is 23.8 Å². The molecule has 51 heavy (non-hydrogen) atoms. The highest BCUT2D eigenvalue weighted by Gasteiger charge is 2.21. The molecule has 0 radical (unpaired) electrons. The van der Waals surface area contributed by atoms with E-state index >= 15 is 0 Å². The van der Waals surface area contributed by atoms with Gasteiger partial charge in [-0.1, -0.05) is 135 Å². The lowest BCUT2D eigenvalue weighted by atomic mass is 10.0. The molecule has 0 aromatic rings. The zero-order valence-electron chi connectivity index (χ0n) is 34.3. The number of Topliss-reactive ketones (excluding diaryl/α,β-unsaturated/α-hetero) is 1. The predicted molar refractivity (Wildman–Crippen MR) is 215 cm³/mol. The van der Waals surface area contributed by atoms with Crippen molar-refractivity contribution in [2.45, 2.75) is 200 Å². The minimum Gasteiger partial charge on any atom is -0.462 e. The van der Waals surface area contributed by atoms with Gasteiger partial charge in [0.1, 0.15) is 12.7 Å². The van der Waals surface area contributed by atoms with Crippen molar-refractivity contribution in [1.82, 2.24) is 4.90 Å². The predicted octanol–water partition coefficient (Wildman–Crippen LogP) is 11.7. The Balaban J connectivity index is 4.58. The molecular formula is C44H83NO6. The summed E-state index contributed by atoms with van der Waals surface area (Å²) in [6.07, 6.45) is 36.6. The van der Waals surface area contributed by atoms with E-state index in [1.807, 2.05) is 14.1 Å². The van der Waals surface area contributed by atoms with E-state index in [4.69, 9.17) is 18.9 Å². The quantitative estimate of drug-likeness (QED) is 0.0270. The maximum absolute atomic E-state index is 13.0. The smallest absolute Gasteiger partial charge is 0.306 e. The number of ketones is 1. The Morgan fingerprint density at radius 1 is 0.569 bits per heavy atom. The van der Waals surface area contributed by atoms with Crippen LogP contribution in [0.25, 0.3) is 0 Å². The third-order valence-electron chi connectivity index (χ3n) is 9.14. The second-order valence-electron chi connectivity index (χ2n) is 14.6. The first kappa shape index (κ1) is 49.5. The Morgan fingerprint density at radius 3 is 1.67 bits per heavy atom. The number of esters is 1. The Morgan fingerprint density at radius 2 is 1.08 bits per heavy atom. The Bertz CT molecular complexity index is 797. The second kappa shape index (κ2) is 39.7. The van der Waals surface area contributed by atoms with Crippen LogP contribution in [-0.4, -0.2) is 76.1 Å². The lowest BCUT2D eigenvalue weighted by Crippen LogP contribution is -2.32. The summed E-state index contributed by atoms with van der Waals surface area (Å²) in [5, 5.41) is 0. The van der Waals surface area contributed by atoms with E-state index in [-0.39, 0.29) is 24.5 Å². The van der Waals surface area contributed by atoms with Crippen molar-refractivity contribution in [2.75, 3.05) is 47.1 Å². The molecule has 7 nitrogen and oxygen atoms in total. The molecule has 0 fully saturated rings. The Kier molecular flexibility index (Phi) is 38.5. The number of hydrogen-bond donors (Lipinski definition) is 0. The maximum Gasteiger partial charge on any atom is 0.306 e. The molecule has 0 aliphatic heterocycles. The molecule has 0 bridgehead atoms. The molecule has 0 N–H and O–H groups in total. The molecule has 0 aliphatic carbocycles. The van der Waals surface area contributed by atoms with Gasteiger partial charge in [-0.15, -0.1) is 0 Å². The molecule has 1 atom stereocenters. The van der Waals surface area contributed by atoms with Crippen LogP contribution in [-0.2, 0) is 28.5 Å². The summed E-state index contributed by atoms with van der Waals surface area (Å²) in [7, 11) is 4.03.